The van der Waals surface area contributed by atoms with Crippen molar-refractivity contribution < 1.29 is 14.3 Å². The molecule has 1 N–H and O–H groups in total. The molecule has 0 unspecified atom stereocenters. The minimum atomic E-state index is -0.0637. The molecule has 5 nitrogen and oxygen atoms in total. The monoisotopic (exact) mass is 306 g/mol. The normalized spacial score (nSPS) is 10.6. The largest absolute Gasteiger partial charge is 0.496 e. The van der Waals surface area contributed by atoms with Gasteiger partial charge in [-0.15, -0.1) is 0 Å². The number of nitrogens with zero attached hydrogens (tertiary/aromatic N) is 1. The first-order valence-corrected chi connectivity index (χ1v) is 7.68. The summed E-state index contributed by atoms with van der Waals surface area (Å²) >= 11 is 0. The number of hydrogen-bond acceptors (Lipinski definition) is 4. The van der Waals surface area contributed by atoms with Gasteiger partial charge in [-0.05, 0) is 38.2 Å². The smallest absolute Gasteiger partial charge is 0.224 e. The highest BCUT2D eigenvalue weighted by Gasteiger charge is 2.11. The Morgan fingerprint density at radius 1 is 1.23 bits per heavy atom. The van der Waals surface area contributed by atoms with Crippen molar-refractivity contribution in [3.05, 3.63) is 29.3 Å². The molecule has 5 heteroatoms. The Balaban J connectivity index is 2.63. The summed E-state index contributed by atoms with van der Waals surface area (Å²) in [6, 6.07) is 5.17. The Labute approximate surface area is 132 Å². The molecule has 0 aliphatic rings. The van der Waals surface area contributed by atoms with Gasteiger partial charge in [-0.2, -0.15) is 0 Å². The van der Waals surface area contributed by atoms with Crippen molar-refractivity contribution in [2.75, 3.05) is 33.3 Å². The number of nitrogens with one attached hydrogen (secondary N) is 1. The summed E-state index contributed by atoms with van der Waals surface area (Å²) in [5.41, 5.74) is 1.32. The lowest BCUT2D eigenvalue weighted by Crippen LogP contribution is -2.35. The van der Waals surface area contributed by atoms with Gasteiger partial charge in [-0.3, -0.25) is 9.59 Å². The number of carbonyl (C=O) groups is 2. The molecule has 22 heavy (non-hydrogen) atoms. The molecule has 0 fully saturated rings. The van der Waals surface area contributed by atoms with Crippen LogP contribution in [0.1, 0.15) is 36.7 Å². The lowest BCUT2D eigenvalue weighted by atomic mass is 10.0. The SMILES string of the molecule is CCN(CC)CCNC(=O)Cc1cc(C(C)=O)ccc1OC. The van der Waals surface area contributed by atoms with Crippen molar-refractivity contribution >= 4 is 11.7 Å². The van der Waals surface area contributed by atoms with Gasteiger partial charge in [0.2, 0.25) is 5.91 Å². The predicted octanol–water partition coefficient (Wildman–Crippen LogP) is 1.90. The van der Waals surface area contributed by atoms with Gasteiger partial charge >= 0.3 is 0 Å². The Morgan fingerprint density at radius 2 is 1.91 bits per heavy atom. The average Bonchev–Trinajstić information content (AvgIpc) is 2.51. The van der Waals surface area contributed by atoms with E-state index in [9.17, 15) is 9.59 Å². The number of Topliss-reactive ketones (excluding diaryl/α,β-unsaturated/α-hetero) is 1. The highest BCUT2D eigenvalue weighted by atomic mass is 16.5. The van der Waals surface area contributed by atoms with Crippen LogP contribution in [0.3, 0.4) is 0 Å². The molecule has 1 aromatic carbocycles. The maximum Gasteiger partial charge on any atom is 0.224 e. The third kappa shape index (κ3) is 5.48. The van der Waals surface area contributed by atoms with Gasteiger partial charge in [-0.1, -0.05) is 13.8 Å². The topological polar surface area (TPSA) is 58.6 Å². The van der Waals surface area contributed by atoms with Gasteiger partial charge in [0.1, 0.15) is 5.75 Å². The zero-order chi connectivity index (χ0) is 16.5. The van der Waals surface area contributed by atoms with E-state index in [0.717, 1.165) is 25.2 Å². The third-order valence-electron chi connectivity index (χ3n) is 3.68. The molecule has 1 rings (SSSR count). The van der Waals surface area contributed by atoms with Crippen LogP contribution >= 0.6 is 0 Å². The molecule has 0 bridgehead atoms. The summed E-state index contributed by atoms with van der Waals surface area (Å²) < 4.78 is 5.26. The number of rotatable bonds is 9. The van der Waals surface area contributed by atoms with Crippen LogP contribution in [-0.4, -0.2) is 49.9 Å². The van der Waals surface area contributed by atoms with Gasteiger partial charge in [-0.25, -0.2) is 0 Å². The van der Waals surface area contributed by atoms with Crippen LogP contribution in [0.25, 0.3) is 0 Å². The summed E-state index contributed by atoms with van der Waals surface area (Å²) in [5, 5.41) is 2.91. The summed E-state index contributed by atoms with van der Waals surface area (Å²) in [4.78, 5) is 25.7. The van der Waals surface area contributed by atoms with E-state index in [4.69, 9.17) is 4.74 Å². The number of methoxy groups -OCH3 is 1. The van der Waals surface area contributed by atoms with Crippen LogP contribution in [0, 0.1) is 0 Å². The molecule has 0 radical (unpaired) electrons. The molecule has 0 aliphatic carbocycles. The highest BCUT2D eigenvalue weighted by Crippen LogP contribution is 2.20. The van der Waals surface area contributed by atoms with E-state index in [1.807, 2.05) is 0 Å². The van der Waals surface area contributed by atoms with Crippen LogP contribution in [-0.2, 0) is 11.2 Å². The van der Waals surface area contributed by atoms with Gasteiger partial charge in [0.05, 0.1) is 13.5 Å². The van der Waals surface area contributed by atoms with Crippen LogP contribution in [0.15, 0.2) is 18.2 Å². The quantitative estimate of drug-likeness (QED) is 0.708. The second-order valence-corrected chi connectivity index (χ2v) is 5.14. The molecule has 1 aromatic rings. The number of carbonyl (C=O) groups excluding carboxylic acids is 2. The molecule has 0 atom stereocenters. The van der Waals surface area contributed by atoms with Crippen molar-refractivity contribution in [3.63, 3.8) is 0 Å². The van der Waals surface area contributed by atoms with Crippen LogP contribution in [0.4, 0.5) is 0 Å². The fraction of sp³-hybridized carbons (Fsp3) is 0.529. The van der Waals surface area contributed by atoms with Gasteiger partial charge in [0.25, 0.3) is 0 Å². The first-order chi connectivity index (χ1) is 10.5. The van der Waals surface area contributed by atoms with Crippen LogP contribution < -0.4 is 10.1 Å². The minimum Gasteiger partial charge on any atom is -0.496 e. The standard InChI is InChI=1S/C17H26N2O3/c1-5-19(6-2)10-9-18-17(21)12-15-11-14(13(3)20)7-8-16(15)22-4/h7-8,11H,5-6,9-10,12H2,1-4H3,(H,18,21). The Bertz CT molecular complexity index is 511. The highest BCUT2D eigenvalue weighted by molar-refractivity contribution is 5.94. The van der Waals surface area contributed by atoms with Gasteiger partial charge in [0, 0.05) is 24.2 Å². The fourth-order valence-corrected chi connectivity index (χ4v) is 2.26. The Morgan fingerprint density at radius 3 is 2.45 bits per heavy atom. The molecular weight excluding hydrogens is 280 g/mol. The van der Waals surface area contributed by atoms with E-state index in [1.165, 1.54) is 6.92 Å². The van der Waals surface area contributed by atoms with Crippen molar-refractivity contribution in [3.8, 4) is 5.75 Å². The van der Waals surface area contributed by atoms with E-state index in [-0.39, 0.29) is 18.1 Å². The van der Waals surface area contributed by atoms with E-state index in [1.54, 1.807) is 25.3 Å². The lowest BCUT2D eigenvalue weighted by Gasteiger charge is -2.18. The molecular formula is C17H26N2O3. The van der Waals surface area contributed by atoms with Crippen molar-refractivity contribution in [1.29, 1.82) is 0 Å². The van der Waals surface area contributed by atoms with Crippen molar-refractivity contribution in [1.82, 2.24) is 10.2 Å². The summed E-state index contributed by atoms with van der Waals surface area (Å²) in [5.74, 6) is 0.542. The molecule has 0 spiro atoms. The first-order valence-electron chi connectivity index (χ1n) is 7.68. The fourth-order valence-electron chi connectivity index (χ4n) is 2.26. The second kappa shape index (κ2) is 9.20. The first kappa shape index (κ1) is 18.2. The van der Waals surface area contributed by atoms with Crippen molar-refractivity contribution in [2.45, 2.75) is 27.2 Å². The molecule has 0 saturated carbocycles. The zero-order valence-corrected chi connectivity index (χ0v) is 13.9. The summed E-state index contributed by atoms with van der Waals surface area (Å²) in [6.07, 6.45) is 0.211. The Kier molecular flexibility index (Phi) is 7.60. The van der Waals surface area contributed by atoms with Crippen LogP contribution in [0.5, 0.6) is 5.75 Å². The number of ether oxygens (including phenoxy) is 1. The third-order valence-corrected chi connectivity index (χ3v) is 3.68. The van der Waals surface area contributed by atoms with E-state index in [0.29, 0.717) is 17.9 Å². The number of likely N-dealkylation sites (N-methyl/N-ethyl adjacent to an activating group) is 1. The Hall–Kier alpha value is -1.88. The van der Waals surface area contributed by atoms with Crippen LogP contribution in [0.2, 0.25) is 0 Å². The van der Waals surface area contributed by atoms with Gasteiger partial charge in [0.15, 0.2) is 5.78 Å². The van der Waals surface area contributed by atoms with Crippen molar-refractivity contribution in [2.24, 2.45) is 0 Å². The second-order valence-electron chi connectivity index (χ2n) is 5.14. The minimum absolute atomic E-state index is 0.0224. The molecule has 0 heterocycles. The number of amides is 1. The van der Waals surface area contributed by atoms with Gasteiger partial charge < -0.3 is 15.0 Å². The maximum atomic E-state index is 12.0. The number of hydrogen-bond donors (Lipinski definition) is 1. The zero-order valence-electron chi connectivity index (χ0n) is 13.9. The summed E-state index contributed by atoms with van der Waals surface area (Å²) in [7, 11) is 1.56. The van der Waals surface area contributed by atoms with E-state index in [2.05, 4.69) is 24.1 Å². The number of benzene rings is 1. The maximum absolute atomic E-state index is 12.0. The summed E-state index contributed by atoms with van der Waals surface area (Å²) in [6.45, 7) is 9.11. The van der Waals surface area contributed by atoms with E-state index < -0.39 is 0 Å². The molecule has 0 aliphatic heterocycles. The molecule has 122 valence electrons. The predicted molar refractivity (Wildman–Crippen MR) is 87.5 cm³/mol. The lowest BCUT2D eigenvalue weighted by molar-refractivity contribution is -0.120. The molecule has 1 amide bonds. The average molecular weight is 306 g/mol. The number of ketones is 1. The van der Waals surface area contributed by atoms with E-state index >= 15 is 0 Å². The molecule has 0 saturated heterocycles. The molecule has 0 aromatic heterocycles.